The fourth-order valence-corrected chi connectivity index (χ4v) is 5.33. The largest absolute Gasteiger partial charge is 0.339 e. The zero-order valence-electron chi connectivity index (χ0n) is 15.6. The van der Waals surface area contributed by atoms with Crippen molar-refractivity contribution in [3.8, 4) is 0 Å². The lowest BCUT2D eigenvalue weighted by atomic mass is 10.1. The molecule has 0 saturated carbocycles. The summed E-state index contributed by atoms with van der Waals surface area (Å²) in [6.45, 7) is 7.04. The van der Waals surface area contributed by atoms with Crippen LogP contribution in [-0.2, 0) is 16.4 Å². The third-order valence-electron chi connectivity index (χ3n) is 4.90. The second kappa shape index (κ2) is 7.52. The molecule has 1 aliphatic rings. The highest BCUT2D eigenvalue weighted by molar-refractivity contribution is 7.92. The van der Waals surface area contributed by atoms with Gasteiger partial charge in [-0.15, -0.1) is 0 Å². The number of carbonyl (C=O) groups is 1. The van der Waals surface area contributed by atoms with Crippen molar-refractivity contribution in [2.24, 2.45) is 0 Å². The first-order valence-electron chi connectivity index (χ1n) is 9.01. The molecule has 5 nitrogen and oxygen atoms in total. The van der Waals surface area contributed by atoms with Gasteiger partial charge in [0.25, 0.3) is 15.9 Å². The zero-order chi connectivity index (χ0) is 19.8. The lowest BCUT2D eigenvalue weighted by Crippen LogP contribution is -2.35. The number of fused-ring (bicyclic) bond motifs is 1. The number of halogens is 1. The average molecular weight is 407 g/mol. The van der Waals surface area contributed by atoms with Crippen molar-refractivity contribution >= 4 is 33.2 Å². The van der Waals surface area contributed by atoms with E-state index in [0.29, 0.717) is 35.8 Å². The van der Waals surface area contributed by atoms with E-state index in [4.69, 9.17) is 11.6 Å². The highest BCUT2D eigenvalue weighted by Gasteiger charge is 2.36. The minimum absolute atomic E-state index is 0.0329. The number of sulfonamides is 1. The molecule has 1 aliphatic heterocycles. The van der Waals surface area contributed by atoms with Gasteiger partial charge in [0.15, 0.2) is 0 Å². The molecule has 0 unspecified atom stereocenters. The summed E-state index contributed by atoms with van der Waals surface area (Å²) in [4.78, 5) is 14.6. The molecule has 0 saturated heterocycles. The first-order valence-corrected chi connectivity index (χ1v) is 10.8. The molecule has 0 spiro atoms. The van der Waals surface area contributed by atoms with Crippen molar-refractivity contribution in [2.45, 2.75) is 38.1 Å². The number of benzene rings is 2. The van der Waals surface area contributed by atoms with E-state index in [1.165, 1.54) is 16.4 Å². The number of hydrogen-bond acceptors (Lipinski definition) is 3. The Balaban J connectivity index is 1.99. The molecule has 0 radical (unpaired) electrons. The van der Waals surface area contributed by atoms with Crippen LogP contribution in [0.1, 0.15) is 36.7 Å². The maximum Gasteiger partial charge on any atom is 0.264 e. The highest BCUT2D eigenvalue weighted by atomic mass is 35.5. The van der Waals surface area contributed by atoms with Gasteiger partial charge in [0.05, 0.1) is 10.6 Å². The van der Waals surface area contributed by atoms with Crippen LogP contribution in [0.3, 0.4) is 0 Å². The number of anilines is 1. The maximum atomic E-state index is 13.1. The fourth-order valence-electron chi connectivity index (χ4n) is 3.52. The molecule has 0 aliphatic carbocycles. The van der Waals surface area contributed by atoms with E-state index in [1.807, 2.05) is 26.8 Å². The van der Waals surface area contributed by atoms with Crippen molar-refractivity contribution < 1.29 is 13.2 Å². The molecule has 2 aromatic carbocycles. The Morgan fingerprint density at radius 1 is 1.15 bits per heavy atom. The van der Waals surface area contributed by atoms with Crippen molar-refractivity contribution in [2.75, 3.05) is 17.4 Å². The van der Waals surface area contributed by atoms with Gasteiger partial charge < -0.3 is 4.90 Å². The number of carbonyl (C=O) groups excluding carboxylic acids is 1. The van der Waals surface area contributed by atoms with E-state index in [1.54, 1.807) is 29.2 Å². The molecule has 0 aromatic heterocycles. The number of nitrogens with zero attached hydrogens (tertiary/aromatic N) is 2. The van der Waals surface area contributed by atoms with Crippen LogP contribution in [0.15, 0.2) is 47.4 Å². The summed E-state index contributed by atoms with van der Waals surface area (Å²) in [5, 5.41) is 0.489. The molecule has 1 atom stereocenters. The molecule has 0 N–H and O–H groups in total. The van der Waals surface area contributed by atoms with Crippen LogP contribution in [-0.4, -0.2) is 38.4 Å². The van der Waals surface area contributed by atoms with Gasteiger partial charge in [-0.2, -0.15) is 0 Å². The van der Waals surface area contributed by atoms with E-state index >= 15 is 0 Å². The topological polar surface area (TPSA) is 57.7 Å². The normalized spacial score (nSPS) is 16.3. The summed E-state index contributed by atoms with van der Waals surface area (Å²) in [5.74, 6) is -0.0329. The van der Waals surface area contributed by atoms with Crippen molar-refractivity contribution in [1.29, 1.82) is 0 Å². The van der Waals surface area contributed by atoms with Gasteiger partial charge in [0, 0.05) is 29.7 Å². The van der Waals surface area contributed by atoms with Gasteiger partial charge in [-0.1, -0.05) is 11.6 Å². The fraction of sp³-hybridized carbons (Fsp3) is 0.350. The second-order valence-electron chi connectivity index (χ2n) is 6.63. The van der Waals surface area contributed by atoms with E-state index in [0.717, 1.165) is 5.56 Å². The zero-order valence-corrected chi connectivity index (χ0v) is 17.2. The smallest absolute Gasteiger partial charge is 0.264 e. The Bertz CT molecular complexity index is 954. The Morgan fingerprint density at radius 3 is 2.37 bits per heavy atom. The van der Waals surface area contributed by atoms with Crippen molar-refractivity contribution in [3.63, 3.8) is 0 Å². The van der Waals surface area contributed by atoms with Gasteiger partial charge in [0.1, 0.15) is 0 Å². The van der Waals surface area contributed by atoms with Crippen LogP contribution in [0.2, 0.25) is 5.02 Å². The van der Waals surface area contributed by atoms with Crippen LogP contribution in [0.5, 0.6) is 0 Å². The molecule has 2 aromatic rings. The molecular formula is C20H23ClN2O3S. The molecule has 1 amide bonds. The van der Waals surface area contributed by atoms with Crippen LogP contribution < -0.4 is 4.31 Å². The average Bonchev–Trinajstić information content (AvgIpc) is 2.98. The minimum atomic E-state index is -3.70. The predicted octanol–water partition coefficient (Wildman–Crippen LogP) is 3.96. The van der Waals surface area contributed by atoms with Crippen LogP contribution in [0, 0.1) is 0 Å². The number of amides is 1. The van der Waals surface area contributed by atoms with E-state index in [-0.39, 0.29) is 16.8 Å². The van der Waals surface area contributed by atoms with E-state index in [9.17, 15) is 13.2 Å². The molecule has 1 heterocycles. The molecule has 0 fully saturated rings. The van der Waals surface area contributed by atoms with Gasteiger partial charge in [0.2, 0.25) is 0 Å². The lowest BCUT2D eigenvalue weighted by Gasteiger charge is -2.24. The number of rotatable bonds is 5. The van der Waals surface area contributed by atoms with Crippen LogP contribution >= 0.6 is 11.6 Å². The molecule has 3 rings (SSSR count). The Morgan fingerprint density at radius 2 is 1.78 bits per heavy atom. The summed E-state index contributed by atoms with van der Waals surface area (Å²) in [6, 6.07) is 11.2. The van der Waals surface area contributed by atoms with E-state index in [2.05, 4.69) is 0 Å². The summed E-state index contributed by atoms with van der Waals surface area (Å²) in [5.41, 5.74) is 2.10. The third-order valence-corrected chi connectivity index (χ3v) is 7.09. The number of hydrogen-bond donors (Lipinski definition) is 0. The van der Waals surface area contributed by atoms with Gasteiger partial charge >= 0.3 is 0 Å². The SMILES string of the molecule is CCN(CC)C(=O)c1ccc2c(c1)C[C@@H](C)N2S(=O)(=O)c1ccc(Cl)cc1. The van der Waals surface area contributed by atoms with E-state index < -0.39 is 10.0 Å². The summed E-state index contributed by atoms with van der Waals surface area (Å²) < 4.78 is 27.7. The Hall–Kier alpha value is -2.05. The Labute approximate surface area is 165 Å². The van der Waals surface area contributed by atoms with Crippen molar-refractivity contribution in [1.82, 2.24) is 4.90 Å². The quantitative estimate of drug-likeness (QED) is 0.755. The molecule has 0 bridgehead atoms. The molecule has 27 heavy (non-hydrogen) atoms. The first-order chi connectivity index (χ1) is 12.8. The maximum absolute atomic E-state index is 13.1. The highest BCUT2D eigenvalue weighted by Crippen LogP contribution is 2.37. The minimum Gasteiger partial charge on any atom is -0.339 e. The standard InChI is InChI=1S/C20H23ClN2O3S/c1-4-22(5-2)20(24)15-6-11-19-16(13-15)12-14(3)23(19)27(25,26)18-9-7-17(21)8-10-18/h6-11,13-14H,4-5,12H2,1-3H3/t14-/m1/s1. The van der Waals surface area contributed by atoms with Crippen LogP contribution in [0.4, 0.5) is 5.69 Å². The summed E-state index contributed by atoms with van der Waals surface area (Å²) in [7, 11) is -3.70. The lowest BCUT2D eigenvalue weighted by molar-refractivity contribution is 0.0773. The van der Waals surface area contributed by atoms with Gasteiger partial charge in [-0.05, 0) is 75.2 Å². The molecular weight excluding hydrogens is 384 g/mol. The molecule has 144 valence electrons. The van der Waals surface area contributed by atoms with Crippen molar-refractivity contribution in [3.05, 3.63) is 58.6 Å². The third kappa shape index (κ3) is 3.56. The second-order valence-corrected chi connectivity index (χ2v) is 8.88. The monoisotopic (exact) mass is 406 g/mol. The van der Waals surface area contributed by atoms with Gasteiger partial charge in [-0.25, -0.2) is 8.42 Å². The van der Waals surface area contributed by atoms with Crippen LogP contribution in [0.25, 0.3) is 0 Å². The first kappa shape index (κ1) is 19.7. The summed E-state index contributed by atoms with van der Waals surface area (Å²) >= 11 is 5.88. The van der Waals surface area contributed by atoms with Gasteiger partial charge in [-0.3, -0.25) is 9.10 Å². The predicted molar refractivity (Wildman–Crippen MR) is 108 cm³/mol. The Kier molecular flexibility index (Phi) is 5.49. The molecule has 7 heteroatoms. The summed E-state index contributed by atoms with van der Waals surface area (Å²) in [6.07, 6.45) is 0.571.